The van der Waals surface area contributed by atoms with Gasteiger partial charge in [-0.15, -0.1) is 0 Å². The number of hydrogen-bond acceptors (Lipinski definition) is 3. The van der Waals surface area contributed by atoms with Crippen LogP contribution in [-0.2, 0) is 9.53 Å². The summed E-state index contributed by atoms with van der Waals surface area (Å²) in [5, 5.41) is 0. The van der Waals surface area contributed by atoms with Crippen LogP contribution in [0.5, 0.6) is 0 Å². The van der Waals surface area contributed by atoms with E-state index in [1.165, 1.54) is 11.7 Å². The molecule has 0 atom stereocenters. The van der Waals surface area contributed by atoms with Crippen LogP contribution in [0, 0.1) is 0 Å². The minimum atomic E-state index is -2.28. The van der Waals surface area contributed by atoms with Gasteiger partial charge in [-0.25, -0.2) is 4.79 Å². The fraction of sp³-hybridized carbons (Fsp3) is 0.286. The Bertz CT molecular complexity index is 563. The van der Waals surface area contributed by atoms with Crippen LogP contribution >= 0.6 is 23.2 Å². The van der Waals surface area contributed by atoms with E-state index in [1.807, 2.05) is 19.6 Å². The number of halogens is 2. The summed E-state index contributed by atoms with van der Waals surface area (Å²) in [7, 11) is -1.06. The number of rotatable bonds is 4. The molecular weight excluding hydrogens is 329 g/mol. The lowest BCUT2D eigenvalue weighted by atomic mass is 10.2. The topological polar surface area (TPSA) is 46.6 Å². The Balaban J connectivity index is 3.41. The summed E-state index contributed by atoms with van der Waals surface area (Å²) in [5.74, 6) is -1.06. The Hall–Kier alpha value is -1.30. The van der Waals surface area contributed by atoms with E-state index in [1.54, 1.807) is 30.3 Å². The first kappa shape index (κ1) is 17.7. The van der Waals surface area contributed by atoms with Gasteiger partial charge in [0.1, 0.15) is 4.49 Å². The van der Waals surface area contributed by atoms with Crippen LogP contribution in [0.4, 0.5) is 0 Å². The summed E-state index contributed by atoms with van der Waals surface area (Å²) in [4.78, 5) is 24.7. The highest BCUT2D eigenvalue weighted by Crippen LogP contribution is 2.27. The van der Waals surface area contributed by atoms with Crippen LogP contribution in [0.2, 0.25) is 19.6 Å². The number of ether oxygens (including phenoxy) is 1. The number of hydrogen-bond donors (Lipinski definition) is 0. The molecule has 0 aliphatic carbocycles. The molecule has 0 fully saturated rings. The highest BCUT2D eigenvalue weighted by atomic mass is 35.5. The summed E-state index contributed by atoms with van der Waals surface area (Å²) < 4.78 is 5.79. The SMILES string of the molecule is COC(=O)C(=C(Cl)Cl)N(C(=O)c1ccccc1)[Si](C)(C)C. The zero-order chi connectivity index (χ0) is 16.2. The molecule has 0 aliphatic heterocycles. The molecule has 0 aromatic heterocycles. The highest BCUT2D eigenvalue weighted by molar-refractivity contribution is 6.77. The van der Waals surface area contributed by atoms with Gasteiger partial charge < -0.3 is 9.30 Å². The van der Waals surface area contributed by atoms with Crippen molar-refractivity contribution in [1.29, 1.82) is 0 Å². The molecule has 7 heteroatoms. The summed E-state index contributed by atoms with van der Waals surface area (Å²) >= 11 is 11.6. The van der Waals surface area contributed by atoms with Crippen molar-refractivity contribution >= 4 is 43.3 Å². The Morgan fingerprint density at radius 1 is 1.10 bits per heavy atom. The Morgan fingerprint density at radius 3 is 2.00 bits per heavy atom. The maximum absolute atomic E-state index is 12.8. The fourth-order valence-electron chi connectivity index (χ4n) is 1.80. The number of esters is 1. The van der Waals surface area contributed by atoms with E-state index in [4.69, 9.17) is 27.9 Å². The zero-order valence-corrected chi connectivity index (χ0v) is 14.8. The second-order valence-corrected chi connectivity index (χ2v) is 11.0. The van der Waals surface area contributed by atoms with Gasteiger partial charge in [0.05, 0.1) is 7.11 Å². The molecule has 0 saturated heterocycles. The average molecular weight is 346 g/mol. The van der Waals surface area contributed by atoms with Crippen molar-refractivity contribution in [3.8, 4) is 0 Å². The Kier molecular flexibility index (Phi) is 6.01. The normalized spacial score (nSPS) is 10.8. The quantitative estimate of drug-likeness (QED) is 0.473. The van der Waals surface area contributed by atoms with Crippen LogP contribution in [0.1, 0.15) is 10.4 Å². The van der Waals surface area contributed by atoms with Crippen LogP contribution in [0.25, 0.3) is 0 Å². The van der Waals surface area contributed by atoms with E-state index in [-0.39, 0.29) is 16.1 Å². The second kappa shape index (κ2) is 7.11. The maximum Gasteiger partial charge on any atom is 0.356 e. The smallest absolute Gasteiger partial charge is 0.356 e. The van der Waals surface area contributed by atoms with E-state index in [0.29, 0.717) is 5.56 Å². The molecule has 1 aromatic rings. The van der Waals surface area contributed by atoms with Gasteiger partial charge in [0.15, 0.2) is 13.9 Å². The molecule has 114 valence electrons. The molecule has 0 unspecified atom stereocenters. The largest absolute Gasteiger partial charge is 0.464 e. The number of methoxy groups -OCH3 is 1. The van der Waals surface area contributed by atoms with Crippen molar-refractivity contribution in [3.63, 3.8) is 0 Å². The van der Waals surface area contributed by atoms with E-state index in [9.17, 15) is 9.59 Å². The van der Waals surface area contributed by atoms with Crippen molar-refractivity contribution in [2.24, 2.45) is 0 Å². The number of carbonyl (C=O) groups excluding carboxylic acids is 2. The third-order valence-corrected chi connectivity index (χ3v) is 4.80. The second-order valence-electron chi connectivity index (χ2n) is 5.28. The summed E-state index contributed by atoms with van der Waals surface area (Å²) in [6.07, 6.45) is 0. The van der Waals surface area contributed by atoms with Gasteiger partial charge in [0, 0.05) is 5.56 Å². The van der Waals surface area contributed by atoms with E-state index in [0.717, 1.165) is 0 Å². The minimum Gasteiger partial charge on any atom is -0.464 e. The molecule has 0 aliphatic rings. The molecule has 0 heterocycles. The molecule has 0 radical (unpaired) electrons. The lowest BCUT2D eigenvalue weighted by Crippen LogP contribution is -2.51. The maximum atomic E-state index is 12.8. The van der Waals surface area contributed by atoms with Gasteiger partial charge in [-0.2, -0.15) is 0 Å². The summed E-state index contributed by atoms with van der Waals surface area (Å²) in [5.41, 5.74) is 0.338. The van der Waals surface area contributed by atoms with Crippen LogP contribution in [-0.4, -0.2) is 31.8 Å². The van der Waals surface area contributed by atoms with Gasteiger partial charge in [-0.3, -0.25) is 4.79 Å². The molecule has 0 spiro atoms. The number of amides is 1. The molecule has 1 amide bonds. The number of nitrogens with zero attached hydrogens (tertiary/aromatic N) is 1. The van der Waals surface area contributed by atoms with Gasteiger partial charge in [-0.1, -0.05) is 61.0 Å². The standard InChI is InChI=1S/C14H17Cl2NO3Si/c1-20-14(19)11(12(15)16)17(21(2,3)4)13(18)10-8-6-5-7-9-10/h5-9H,1-4H3. The van der Waals surface area contributed by atoms with Crippen LogP contribution < -0.4 is 0 Å². The third kappa shape index (κ3) is 4.33. The first-order valence-corrected chi connectivity index (χ1v) is 10.4. The molecule has 1 aromatic carbocycles. The van der Waals surface area contributed by atoms with Gasteiger partial charge in [0.2, 0.25) is 0 Å². The minimum absolute atomic E-state index is 0.117. The Labute approximate surface area is 135 Å². The molecule has 0 bridgehead atoms. The van der Waals surface area contributed by atoms with Gasteiger partial charge in [0.25, 0.3) is 5.91 Å². The fourth-order valence-corrected chi connectivity index (χ4v) is 3.88. The molecule has 21 heavy (non-hydrogen) atoms. The van der Waals surface area contributed by atoms with Gasteiger partial charge >= 0.3 is 5.97 Å². The molecular formula is C14H17Cl2NO3Si. The first-order valence-electron chi connectivity index (χ1n) is 6.23. The Morgan fingerprint density at radius 2 is 1.62 bits per heavy atom. The number of benzene rings is 1. The molecule has 1 rings (SSSR count). The first-order chi connectivity index (χ1) is 9.70. The molecule has 4 nitrogen and oxygen atoms in total. The predicted molar refractivity (Wildman–Crippen MR) is 86.7 cm³/mol. The monoisotopic (exact) mass is 345 g/mol. The molecule has 0 saturated carbocycles. The van der Waals surface area contributed by atoms with Crippen LogP contribution in [0.3, 0.4) is 0 Å². The van der Waals surface area contributed by atoms with Crippen molar-refractivity contribution in [2.75, 3.05) is 7.11 Å². The van der Waals surface area contributed by atoms with Crippen molar-refractivity contribution < 1.29 is 14.3 Å². The van der Waals surface area contributed by atoms with E-state index in [2.05, 4.69) is 0 Å². The lowest BCUT2D eigenvalue weighted by molar-refractivity contribution is -0.137. The van der Waals surface area contributed by atoms with Crippen molar-refractivity contribution in [3.05, 3.63) is 46.1 Å². The lowest BCUT2D eigenvalue weighted by Gasteiger charge is -2.34. The zero-order valence-electron chi connectivity index (χ0n) is 12.3. The van der Waals surface area contributed by atoms with Crippen LogP contribution in [0.15, 0.2) is 40.5 Å². The third-order valence-electron chi connectivity index (χ3n) is 2.68. The van der Waals surface area contributed by atoms with Crippen molar-refractivity contribution in [2.45, 2.75) is 19.6 Å². The average Bonchev–Trinajstić information content (AvgIpc) is 2.42. The summed E-state index contributed by atoms with van der Waals surface area (Å²) in [6.45, 7) is 5.73. The molecule has 0 N–H and O–H groups in total. The predicted octanol–water partition coefficient (Wildman–Crippen LogP) is 3.78. The van der Waals surface area contributed by atoms with E-state index >= 15 is 0 Å². The summed E-state index contributed by atoms with van der Waals surface area (Å²) in [6, 6.07) is 8.65. The van der Waals surface area contributed by atoms with Gasteiger partial charge in [-0.05, 0) is 12.1 Å². The number of carbonyl (C=O) groups is 2. The highest BCUT2D eigenvalue weighted by Gasteiger charge is 2.37. The van der Waals surface area contributed by atoms with Crippen molar-refractivity contribution in [1.82, 2.24) is 4.57 Å². The van der Waals surface area contributed by atoms with E-state index < -0.39 is 14.2 Å².